The molecular weight excluding hydrogens is 304 g/mol. The molecule has 0 aliphatic heterocycles. The van der Waals surface area contributed by atoms with Crippen molar-refractivity contribution in [3.63, 3.8) is 0 Å². The molecule has 1 unspecified atom stereocenters. The molecule has 22 heavy (non-hydrogen) atoms. The molecule has 0 heterocycles. The van der Waals surface area contributed by atoms with Crippen LogP contribution in [0.15, 0.2) is 24.3 Å². The molecule has 0 saturated heterocycles. The predicted molar refractivity (Wildman–Crippen MR) is 86.8 cm³/mol. The van der Waals surface area contributed by atoms with Gasteiger partial charge in [0, 0.05) is 24.1 Å². The molecule has 3 N–H and O–H groups in total. The summed E-state index contributed by atoms with van der Waals surface area (Å²) >= 11 is 1.53. The maximum Gasteiger partial charge on any atom is 0.304 e. The van der Waals surface area contributed by atoms with Crippen molar-refractivity contribution in [1.29, 1.82) is 0 Å². The molecule has 1 aromatic carbocycles. The van der Waals surface area contributed by atoms with E-state index < -0.39 is 12.0 Å². The van der Waals surface area contributed by atoms with Crippen LogP contribution in [0.5, 0.6) is 0 Å². The van der Waals surface area contributed by atoms with E-state index in [2.05, 4.69) is 10.6 Å². The summed E-state index contributed by atoms with van der Waals surface area (Å²) in [5.74, 6) is -0.124. The molecule has 7 heteroatoms. The molecule has 1 rings (SSSR count). The van der Waals surface area contributed by atoms with E-state index in [0.29, 0.717) is 17.2 Å². The van der Waals surface area contributed by atoms with E-state index in [0.717, 1.165) is 5.56 Å². The number of nitrogens with one attached hydrogen (secondary N) is 2. The summed E-state index contributed by atoms with van der Waals surface area (Å²) in [5.41, 5.74) is 1.65. The number of carboxylic acids is 1. The van der Waals surface area contributed by atoms with Crippen molar-refractivity contribution < 1.29 is 19.5 Å². The van der Waals surface area contributed by atoms with E-state index in [1.54, 1.807) is 13.0 Å². The molecule has 0 spiro atoms. The minimum Gasteiger partial charge on any atom is -0.481 e. The zero-order valence-electron chi connectivity index (χ0n) is 12.6. The van der Waals surface area contributed by atoms with Gasteiger partial charge < -0.3 is 15.7 Å². The van der Waals surface area contributed by atoms with E-state index in [1.807, 2.05) is 18.2 Å². The average molecular weight is 324 g/mol. The van der Waals surface area contributed by atoms with Crippen LogP contribution in [0.2, 0.25) is 0 Å². The highest BCUT2D eigenvalue weighted by Gasteiger charge is 2.13. The van der Waals surface area contributed by atoms with Gasteiger partial charge in [0.2, 0.25) is 11.8 Å². The number of carbonyl (C=O) groups is 3. The number of amides is 2. The minimum atomic E-state index is -0.805. The van der Waals surface area contributed by atoms with E-state index >= 15 is 0 Å². The molecule has 120 valence electrons. The van der Waals surface area contributed by atoms with E-state index in [1.165, 1.54) is 18.7 Å². The first-order valence-electron chi connectivity index (χ1n) is 6.85. The number of carboxylic acid groups (broad SMARTS) is 1. The molecule has 1 atom stereocenters. The Labute approximate surface area is 133 Å². The summed E-state index contributed by atoms with van der Waals surface area (Å²) in [6.45, 7) is 2.97. The Balaban J connectivity index is 2.51. The molecule has 1 aromatic rings. The number of benzene rings is 1. The van der Waals surface area contributed by atoms with Crippen molar-refractivity contribution in [2.75, 3.05) is 11.1 Å². The lowest BCUT2D eigenvalue weighted by Crippen LogP contribution is -2.40. The first-order valence-corrected chi connectivity index (χ1v) is 8.00. The second kappa shape index (κ2) is 9.09. The minimum absolute atomic E-state index is 0.134. The highest BCUT2D eigenvalue weighted by atomic mass is 32.2. The van der Waals surface area contributed by atoms with E-state index in [9.17, 15) is 14.4 Å². The fourth-order valence-corrected chi connectivity index (χ4v) is 2.59. The van der Waals surface area contributed by atoms with Gasteiger partial charge in [0.05, 0.1) is 6.42 Å². The molecule has 2 amide bonds. The largest absolute Gasteiger partial charge is 0.481 e. The normalized spacial score (nSPS) is 11.5. The number of rotatable bonds is 8. The van der Waals surface area contributed by atoms with Crippen LogP contribution in [0.3, 0.4) is 0 Å². The lowest BCUT2D eigenvalue weighted by atomic mass is 10.2. The SMILES string of the molecule is CC(=O)NC(C)C(=O)Nc1cccc(CSCCC(=O)O)c1. The maximum atomic E-state index is 11.9. The van der Waals surface area contributed by atoms with Crippen molar-refractivity contribution in [2.45, 2.75) is 32.1 Å². The number of hydrogen-bond donors (Lipinski definition) is 3. The maximum absolute atomic E-state index is 11.9. The predicted octanol–water partition coefficient (Wildman–Crippen LogP) is 1.86. The van der Waals surface area contributed by atoms with Gasteiger partial charge in [-0.2, -0.15) is 11.8 Å². The second-order valence-corrected chi connectivity index (χ2v) is 5.91. The van der Waals surface area contributed by atoms with E-state index in [-0.39, 0.29) is 18.2 Å². The first kappa shape index (κ1) is 18.0. The van der Waals surface area contributed by atoms with Gasteiger partial charge in [0.15, 0.2) is 0 Å². The standard InChI is InChI=1S/C15H20N2O4S/c1-10(16-11(2)18)15(21)17-13-5-3-4-12(8-13)9-22-7-6-14(19)20/h3-5,8,10H,6-7,9H2,1-2H3,(H,16,18)(H,17,21)(H,19,20). The van der Waals surface area contributed by atoms with Crippen LogP contribution in [-0.2, 0) is 20.1 Å². The van der Waals surface area contributed by atoms with Gasteiger partial charge >= 0.3 is 5.97 Å². The Morgan fingerprint density at radius 1 is 1.32 bits per heavy atom. The van der Waals surface area contributed by atoms with E-state index in [4.69, 9.17) is 5.11 Å². The lowest BCUT2D eigenvalue weighted by Gasteiger charge is -2.13. The van der Waals surface area contributed by atoms with Crippen LogP contribution >= 0.6 is 11.8 Å². The van der Waals surface area contributed by atoms with Crippen molar-refractivity contribution >= 4 is 35.2 Å². The zero-order valence-corrected chi connectivity index (χ0v) is 13.4. The fourth-order valence-electron chi connectivity index (χ4n) is 1.71. The van der Waals surface area contributed by atoms with Gasteiger partial charge in [-0.3, -0.25) is 14.4 Å². The topological polar surface area (TPSA) is 95.5 Å². The Hall–Kier alpha value is -2.02. The summed E-state index contributed by atoms with van der Waals surface area (Å²) in [6, 6.07) is 6.74. The van der Waals surface area contributed by atoms with Crippen molar-refractivity contribution in [1.82, 2.24) is 5.32 Å². The zero-order chi connectivity index (χ0) is 16.5. The summed E-state index contributed by atoms with van der Waals surface area (Å²) in [4.78, 5) is 33.3. The molecule has 0 fully saturated rings. The third-order valence-electron chi connectivity index (χ3n) is 2.74. The van der Waals surface area contributed by atoms with Crippen molar-refractivity contribution in [2.24, 2.45) is 0 Å². The molecule has 0 radical (unpaired) electrons. The van der Waals surface area contributed by atoms with Crippen LogP contribution in [0, 0.1) is 0 Å². The number of carbonyl (C=O) groups excluding carboxylic acids is 2. The molecule has 0 aromatic heterocycles. The molecular formula is C15H20N2O4S. The fraction of sp³-hybridized carbons (Fsp3) is 0.400. The second-order valence-electron chi connectivity index (χ2n) is 4.81. The molecule has 6 nitrogen and oxygen atoms in total. The third-order valence-corrected chi connectivity index (χ3v) is 3.77. The summed E-state index contributed by atoms with van der Waals surface area (Å²) < 4.78 is 0. The van der Waals surface area contributed by atoms with Crippen molar-refractivity contribution in [3.05, 3.63) is 29.8 Å². The number of hydrogen-bond acceptors (Lipinski definition) is 4. The first-order chi connectivity index (χ1) is 10.4. The van der Waals surface area contributed by atoms with Crippen LogP contribution in [0.1, 0.15) is 25.8 Å². The number of anilines is 1. The van der Waals surface area contributed by atoms with Crippen LogP contribution in [0.4, 0.5) is 5.69 Å². The summed E-state index contributed by atoms with van der Waals surface area (Å²) in [7, 11) is 0. The Kier molecular flexibility index (Phi) is 7.45. The molecule has 0 aliphatic carbocycles. The van der Waals surface area contributed by atoms with Gasteiger partial charge in [-0.1, -0.05) is 12.1 Å². The molecule has 0 saturated carbocycles. The Morgan fingerprint density at radius 2 is 2.05 bits per heavy atom. The van der Waals surface area contributed by atoms with Gasteiger partial charge in [-0.05, 0) is 24.6 Å². The summed E-state index contributed by atoms with van der Waals surface area (Å²) in [6.07, 6.45) is 0.134. The highest BCUT2D eigenvalue weighted by Crippen LogP contribution is 2.17. The monoisotopic (exact) mass is 324 g/mol. The Morgan fingerprint density at radius 3 is 2.68 bits per heavy atom. The number of thioether (sulfide) groups is 1. The van der Waals surface area contributed by atoms with Crippen LogP contribution in [-0.4, -0.2) is 34.7 Å². The molecule has 0 aliphatic rings. The van der Waals surface area contributed by atoms with Gasteiger partial charge in [0.25, 0.3) is 0 Å². The van der Waals surface area contributed by atoms with Crippen LogP contribution in [0.25, 0.3) is 0 Å². The molecule has 0 bridgehead atoms. The van der Waals surface area contributed by atoms with Crippen molar-refractivity contribution in [3.8, 4) is 0 Å². The highest BCUT2D eigenvalue weighted by molar-refractivity contribution is 7.98. The van der Waals surface area contributed by atoms with Gasteiger partial charge in [0.1, 0.15) is 6.04 Å². The smallest absolute Gasteiger partial charge is 0.304 e. The average Bonchev–Trinajstić information content (AvgIpc) is 2.43. The lowest BCUT2D eigenvalue weighted by molar-refractivity contribution is -0.136. The van der Waals surface area contributed by atoms with Gasteiger partial charge in [-0.25, -0.2) is 0 Å². The van der Waals surface area contributed by atoms with Gasteiger partial charge in [-0.15, -0.1) is 0 Å². The quantitative estimate of drug-likeness (QED) is 0.634. The summed E-state index contributed by atoms with van der Waals surface area (Å²) in [5, 5.41) is 13.8. The van der Waals surface area contributed by atoms with Crippen LogP contribution < -0.4 is 10.6 Å². The third kappa shape index (κ3) is 7.12. The number of aliphatic carboxylic acids is 1. The Bertz CT molecular complexity index is 548.